The van der Waals surface area contributed by atoms with Crippen molar-refractivity contribution in [2.75, 3.05) is 0 Å². The minimum absolute atomic E-state index is 0.421. The third kappa shape index (κ3) is 2.22. The molecule has 0 aromatic carbocycles. The lowest BCUT2D eigenvalue weighted by molar-refractivity contribution is 0.707. The van der Waals surface area contributed by atoms with Crippen molar-refractivity contribution >= 4 is 0 Å². The van der Waals surface area contributed by atoms with Crippen LogP contribution in [0.4, 0.5) is 0 Å². The molecule has 0 aliphatic rings. The molecule has 1 radical (unpaired) electrons. The van der Waals surface area contributed by atoms with Gasteiger partial charge in [0.15, 0.2) is 0 Å². The van der Waals surface area contributed by atoms with Crippen LogP contribution < -0.4 is 0 Å². The first kappa shape index (κ1) is 6.49. The summed E-state index contributed by atoms with van der Waals surface area (Å²) in [5, 5.41) is 8.22. The summed E-state index contributed by atoms with van der Waals surface area (Å²) in [5.41, 5.74) is 0. The van der Waals surface area contributed by atoms with Gasteiger partial charge in [-0.2, -0.15) is 5.26 Å². The predicted octanol–water partition coefficient (Wildman–Crippen LogP) is 1.76. The summed E-state index contributed by atoms with van der Waals surface area (Å²) in [5.74, 6) is 1.32. The molecule has 0 aliphatic carbocycles. The fourth-order valence-electron chi connectivity index (χ4n) is 0.129. The van der Waals surface area contributed by atoms with E-state index in [2.05, 4.69) is 6.07 Å². The highest BCUT2D eigenvalue weighted by Crippen LogP contribution is 2.08. The van der Waals surface area contributed by atoms with Crippen LogP contribution in [0.5, 0.6) is 0 Å². The van der Waals surface area contributed by atoms with E-state index < -0.39 is 0 Å². The first-order chi connectivity index (χ1) is 3.18. The van der Waals surface area contributed by atoms with Gasteiger partial charge in [-0.3, -0.25) is 0 Å². The Morgan fingerprint density at radius 1 is 1.57 bits per heavy atom. The van der Waals surface area contributed by atoms with E-state index >= 15 is 0 Å². The molecule has 0 saturated carbocycles. The third-order valence-electron chi connectivity index (χ3n) is 1.04. The van der Waals surface area contributed by atoms with Crippen molar-refractivity contribution in [3.05, 3.63) is 5.92 Å². The van der Waals surface area contributed by atoms with Gasteiger partial charge >= 0.3 is 0 Å². The monoisotopic (exact) mass is 96.1 g/mol. The van der Waals surface area contributed by atoms with Crippen LogP contribution in [0.15, 0.2) is 0 Å². The van der Waals surface area contributed by atoms with Gasteiger partial charge in [0, 0.05) is 0 Å². The van der Waals surface area contributed by atoms with E-state index in [1.807, 2.05) is 20.8 Å². The maximum atomic E-state index is 8.22. The van der Waals surface area contributed by atoms with Crippen LogP contribution in [0.3, 0.4) is 0 Å². The quantitative estimate of drug-likeness (QED) is 0.488. The Hall–Kier alpha value is -0.510. The number of nitrogens with zero attached hydrogens (tertiary/aromatic N) is 1. The summed E-state index contributed by atoms with van der Waals surface area (Å²) >= 11 is 0. The minimum Gasteiger partial charge on any atom is -0.198 e. The molecule has 0 saturated heterocycles. The van der Waals surface area contributed by atoms with Crippen molar-refractivity contribution in [2.45, 2.75) is 20.8 Å². The molecule has 7 heavy (non-hydrogen) atoms. The zero-order valence-electron chi connectivity index (χ0n) is 5.02. The molecular weight excluding hydrogens is 86.1 g/mol. The third-order valence-corrected chi connectivity index (χ3v) is 1.04. The Kier molecular flexibility index (Phi) is 2.44. The first-order valence-electron chi connectivity index (χ1n) is 2.42. The van der Waals surface area contributed by atoms with Crippen LogP contribution in [0, 0.1) is 23.2 Å². The molecule has 1 heteroatoms. The highest BCUT2D eigenvalue weighted by atomic mass is 14.3. The van der Waals surface area contributed by atoms with E-state index in [1.54, 1.807) is 0 Å². The maximum Gasteiger partial charge on any atom is 0.0754 e. The predicted molar refractivity (Wildman–Crippen MR) is 29.4 cm³/mol. The summed E-state index contributed by atoms with van der Waals surface area (Å²) in [4.78, 5) is 0. The average molecular weight is 96.2 g/mol. The Morgan fingerprint density at radius 2 is 2.00 bits per heavy atom. The molecular formula is C6H10N. The van der Waals surface area contributed by atoms with Gasteiger partial charge in [0.2, 0.25) is 0 Å². The molecule has 0 aromatic heterocycles. The second kappa shape index (κ2) is 2.63. The average Bonchev–Trinajstić information content (AvgIpc) is 1.65. The molecule has 0 N–H and O–H groups in total. The van der Waals surface area contributed by atoms with Crippen LogP contribution >= 0.6 is 0 Å². The smallest absolute Gasteiger partial charge is 0.0754 e. The van der Waals surface area contributed by atoms with Crippen LogP contribution in [-0.4, -0.2) is 0 Å². The van der Waals surface area contributed by atoms with Crippen LogP contribution in [0.2, 0.25) is 0 Å². The van der Waals surface area contributed by atoms with Crippen LogP contribution in [0.1, 0.15) is 20.8 Å². The molecule has 39 valence electrons. The van der Waals surface area contributed by atoms with Crippen molar-refractivity contribution in [3.63, 3.8) is 0 Å². The van der Waals surface area contributed by atoms with Crippen LogP contribution in [-0.2, 0) is 0 Å². The van der Waals surface area contributed by atoms with Crippen LogP contribution in [0.25, 0.3) is 0 Å². The van der Waals surface area contributed by atoms with Gasteiger partial charge in [-0.05, 0) is 12.8 Å². The molecule has 0 atom stereocenters. The summed E-state index contributed by atoms with van der Waals surface area (Å²) in [6.07, 6.45) is 0. The van der Waals surface area contributed by atoms with Gasteiger partial charge in [-0.1, -0.05) is 13.8 Å². The topological polar surface area (TPSA) is 23.8 Å². The Morgan fingerprint density at radius 3 is 2.00 bits per heavy atom. The molecule has 0 rings (SSSR count). The highest BCUT2D eigenvalue weighted by Gasteiger charge is 2.03. The number of nitriles is 1. The molecule has 0 aliphatic heterocycles. The molecule has 0 bridgehead atoms. The summed E-state index contributed by atoms with van der Waals surface area (Å²) in [6, 6.07) is 2.08. The SMILES string of the molecule is C[C](C#N)C(C)C. The van der Waals surface area contributed by atoms with Crippen molar-refractivity contribution < 1.29 is 0 Å². The van der Waals surface area contributed by atoms with E-state index in [9.17, 15) is 0 Å². The summed E-state index contributed by atoms with van der Waals surface area (Å²) in [6.45, 7) is 5.88. The zero-order valence-corrected chi connectivity index (χ0v) is 5.02. The zero-order chi connectivity index (χ0) is 5.86. The van der Waals surface area contributed by atoms with Crippen molar-refractivity contribution in [1.29, 1.82) is 5.26 Å². The molecule has 0 spiro atoms. The highest BCUT2D eigenvalue weighted by molar-refractivity contribution is 5.08. The van der Waals surface area contributed by atoms with Crippen molar-refractivity contribution in [1.82, 2.24) is 0 Å². The molecule has 1 nitrogen and oxygen atoms in total. The van der Waals surface area contributed by atoms with Gasteiger partial charge in [0.05, 0.1) is 12.0 Å². The largest absolute Gasteiger partial charge is 0.198 e. The Balaban J connectivity index is 3.40. The summed E-state index contributed by atoms with van der Waals surface area (Å²) < 4.78 is 0. The molecule has 0 heterocycles. The standard InChI is InChI=1S/C6H10N/c1-5(2)6(3)4-7/h5H,1-3H3. The van der Waals surface area contributed by atoms with Gasteiger partial charge in [-0.25, -0.2) is 0 Å². The minimum atomic E-state index is 0.421. The fourth-order valence-corrected chi connectivity index (χ4v) is 0.129. The van der Waals surface area contributed by atoms with Gasteiger partial charge in [0.1, 0.15) is 0 Å². The lowest BCUT2D eigenvalue weighted by atomic mass is 10.0. The second-order valence-electron chi connectivity index (χ2n) is 1.95. The lowest BCUT2D eigenvalue weighted by Crippen LogP contribution is -1.95. The van der Waals surface area contributed by atoms with Crippen molar-refractivity contribution in [3.8, 4) is 6.07 Å². The van der Waals surface area contributed by atoms with E-state index in [0.29, 0.717) is 5.92 Å². The first-order valence-corrected chi connectivity index (χ1v) is 2.42. The molecule has 0 fully saturated rings. The number of hydrogen-bond acceptors (Lipinski definition) is 1. The number of rotatable bonds is 1. The van der Waals surface area contributed by atoms with E-state index in [4.69, 9.17) is 5.26 Å². The normalized spacial score (nSPS) is 9.71. The Labute approximate surface area is 45.0 Å². The maximum absolute atomic E-state index is 8.22. The van der Waals surface area contributed by atoms with E-state index in [1.165, 1.54) is 0 Å². The van der Waals surface area contributed by atoms with Gasteiger partial charge in [-0.15, -0.1) is 0 Å². The van der Waals surface area contributed by atoms with Crippen molar-refractivity contribution in [2.24, 2.45) is 5.92 Å². The second-order valence-corrected chi connectivity index (χ2v) is 1.95. The molecule has 0 aromatic rings. The summed E-state index contributed by atoms with van der Waals surface area (Å²) in [7, 11) is 0. The number of hydrogen-bond donors (Lipinski definition) is 0. The van der Waals surface area contributed by atoms with Gasteiger partial charge in [0.25, 0.3) is 0 Å². The van der Waals surface area contributed by atoms with E-state index in [-0.39, 0.29) is 0 Å². The fraction of sp³-hybridized carbons (Fsp3) is 0.667. The lowest BCUT2D eigenvalue weighted by Gasteiger charge is -2.01. The molecule has 0 unspecified atom stereocenters. The Bertz CT molecular complexity index is 78.7. The van der Waals surface area contributed by atoms with E-state index in [0.717, 1.165) is 5.92 Å². The molecule has 0 amide bonds. The van der Waals surface area contributed by atoms with Gasteiger partial charge < -0.3 is 0 Å².